The van der Waals surface area contributed by atoms with Crippen LogP contribution in [0.3, 0.4) is 0 Å². The molecule has 1 amide bonds. The number of nitrogen functional groups attached to an aromatic ring is 1. The maximum atomic E-state index is 12.3. The Kier molecular flexibility index (Phi) is 3.64. The number of nitrogens with zero attached hydrogens (tertiary/aromatic N) is 1. The summed E-state index contributed by atoms with van der Waals surface area (Å²) >= 11 is 0. The molecule has 0 aliphatic heterocycles. The van der Waals surface area contributed by atoms with Crippen molar-refractivity contribution >= 4 is 11.6 Å². The molecule has 4 heteroatoms. The first-order valence-electron chi connectivity index (χ1n) is 6.77. The first kappa shape index (κ1) is 13.0. The molecule has 1 heterocycles. The predicted molar refractivity (Wildman–Crippen MR) is 73.5 cm³/mol. The summed E-state index contributed by atoms with van der Waals surface area (Å²) in [5.41, 5.74) is 7.10. The number of hydrogen-bond acceptors (Lipinski definition) is 2. The lowest BCUT2D eigenvalue weighted by Gasteiger charge is -2.19. The van der Waals surface area contributed by atoms with Crippen molar-refractivity contribution in [3.8, 4) is 0 Å². The second-order valence-corrected chi connectivity index (χ2v) is 5.65. The maximum absolute atomic E-state index is 12.3. The number of anilines is 1. The van der Waals surface area contributed by atoms with E-state index < -0.39 is 0 Å². The number of carbonyl (C=O) groups is 1. The summed E-state index contributed by atoms with van der Waals surface area (Å²) in [4.78, 5) is 12.3. The first-order chi connectivity index (χ1) is 8.49. The van der Waals surface area contributed by atoms with Crippen LogP contribution in [0, 0.1) is 5.92 Å². The number of amides is 1. The molecule has 2 rings (SSSR count). The number of nitrogens with two attached hydrogens (primary N) is 1. The number of nitrogens with one attached hydrogen (secondary N) is 1. The van der Waals surface area contributed by atoms with Crippen molar-refractivity contribution in [2.45, 2.75) is 52.1 Å². The third kappa shape index (κ3) is 2.52. The van der Waals surface area contributed by atoms with E-state index in [2.05, 4.69) is 26.1 Å². The van der Waals surface area contributed by atoms with Gasteiger partial charge in [0.1, 0.15) is 5.69 Å². The van der Waals surface area contributed by atoms with Crippen LogP contribution in [0.2, 0.25) is 0 Å². The fourth-order valence-electron chi connectivity index (χ4n) is 2.71. The van der Waals surface area contributed by atoms with E-state index in [4.69, 9.17) is 5.73 Å². The summed E-state index contributed by atoms with van der Waals surface area (Å²) in [7, 11) is 0. The molecule has 0 saturated heterocycles. The molecule has 0 radical (unpaired) electrons. The maximum Gasteiger partial charge on any atom is 0.268 e. The minimum atomic E-state index is -0.000787. The first-order valence-corrected chi connectivity index (χ1v) is 6.77. The monoisotopic (exact) mass is 249 g/mol. The Bertz CT molecular complexity index is 436. The molecule has 0 aromatic carbocycles. The molecular weight excluding hydrogens is 226 g/mol. The quantitative estimate of drug-likeness (QED) is 0.865. The molecular formula is C14H23N3O. The zero-order valence-corrected chi connectivity index (χ0v) is 11.4. The van der Waals surface area contributed by atoms with Gasteiger partial charge in [0.25, 0.3) is 5.91 Å². The second kappa shape index (κ2) is 5.04. The summed E-state index contributed by atoms with van der Waals surface area (Å²) in [6.45, 7) is 6.30. The average molecular weight is 249 g/mol. The molecule has 1 saturated carbocycles. The molecule has 1 fully saturated rings. The van der Waals surface area contributed by atoms with Crippen molar-refractivity contribution in [2.24, 2.45) is 5.92 Å². The van der Waals surface area contributed by atoms with Gasteiger partial charge in [0.2, 0.25) is 0 Å². The highest BCUT2D eigenvalue weighted by Gasteiger charge is 2.26. The van der Waals surface area contributed by atoms with Crippen LogP contribution in [-0.4, -0.2) is 16.5 Å². The zero-order chi connectivity index (χ0) is 13.3. The molecule has 1 aliphatic carbocycles. The van der Waals surface area contributed by atoms with Crippen molar-refractivity contribution in [2.75, 3.05) is 5.73 Å². The van der Waals surface area contributed by atoms with E-state index in [1.54, 1.807) is 6.07 Å². The Morgan fingerprint density at radius 3 is 2.78 bits per heavy atom. The predicted octanol–water partition coefficient (Wildman–Crippen LogP) is 2.57. The van der Waals surface area contributed by atoms with Crippen molar-refractivity contribution in [3.05, 3.63) is 18.0 Å². The Morgan fingerprint density at radius 2 is 2.22 bits per heavy atom. The highest BCUT2D eigenvalue weighted by molar-refractivity contribution is 5.94. The van der Waals surface area contributed by atoms with Gasteiger partial charge in [-0.3, -0.25) is 4.79 Å². The van der Waals surface area contributed by atoms with Crippen LogP contribution in [0.15, 0.2) is 12.3 Å². The minimum Gasteiger partial charge on any atom is -0.397 e. The molecule has 1 aliphatic rings. The van der Waals surface area contributed by atoms with Crippen LogP contribution in [0.5, 0.6) is 0 Å². The van der Waals surface area contributed by atoms with E-state index in [9.17, 15) is 4.79 Å². The van der Waals surface area contributed by atoms with Gasteiger partial charge in [-0.15, -0.1) is 0 Å². The van der Waals surface area contributed by atoms with E-state index in [1.165, 1.54) is 12.8 Å². The smallest absolute Gasteiger partial charge is 0.268 e. The van der Waals surface area contributed by atoms with E-state index in [1.807, 2.05) is 10.8 Å². The van der Waals surface area contributed by atoms with Crippen LogP contribution in [0.4, 0.5) is 5.69 Å². The highest BCUT2D eigenvalue weighted by atomic mass is 16.2. The number of hydrogen-bond donors (Lipinski definition) is 2. The van der Waals surface area contributed by atoms with Gasteiger partial charge < -0.3 is 15.6 Å². The summed E-state index contributed by atoms with van der Waals surface area (Å²) in [6, 6.07) is 2.31. The van der Waals surface area contributed by atoms with E-state index >= 15 is 0 Å². The average Bonchev–Trinajstić information content (AvgIpc) is 2.86. The fraction of sp³-hybridized carbons (Fsp3) is 0.643. The van der Waals surface area contributed by atoms with Crippen LogP contribution in [0.25, 0.3) is 0 Å². The van der Waals surface area contributed by atoms with E-state index in [0.717, 1.165) is 6.42 Å². The standard InChI is InChI=1S/C14H23N3O/c1-9(2)17-8-11(15)7-13(17)14(18)16-12-6-4-5-10(12)3/h7-10,12H,4-6,15H2,1-3H3,(H,16,18). The van der Waals surface area contributed by atoms with Crippen molar-refractivity contribution in [3.63, 3.8) is 0 Å². The third-order valence-electron chi connectivity index (χ3n) is 3.84. The summed E-state index contributed by atoms with van der Waals surface area (Å²) in [6.07, 6.45) is 5.33. The summed E-state index contributed by atoms with van der Waals surface area (Å²) < 4.78 is 1.93. The van der Waals surface area contributed by atoms with Crippen molar-refractivity contribution in [1.82, 2.24) is 9.88 Å². The van der Waals surface area contributed by atoms with Gasteiger partial charge in [0.15, 0.2) is 0 Å². The van der Waals surface area contributed by atoms with Crippen molar-refractivity contribution in [1.29, 1.82) is 0 Å². The summed E-state index contributed by atoms with van der Waals surface area (Å²) in [5, 5.41) is 3.14. The highest BCUT2D eigenvalue weighted by Crippen LogP contribution is 2.25. The van der Waals surface area contributed by atoms with Gasteiger partial charge in [0, 0.05) is 18.3 Å². The van der Waals surface area contributed by atoms with Crippen LogP contribution in [-0.2, 0) is 0 Å². The van der Waals surface area contributed by atoms with Gasteiger partial charge in [0.05, 0.1) is 5.69 Å². The third-order valence-corrected chi connectivity index (χ3v) is 3.84. The van der Waals surface area contributed by atoms with E-state index in [0.29, 0.717) is 23.3 Å². The lowest BCUT2D eigenvalue weighted by atomic mass is 10.1. The Morgan fingerprint density at radius 1 is 1.50 bits per heavy atom. The Balaban J connectivity index is 2.13. The molecule has 100 valence electrons. The lowest BCUT2D eigenvalue weighted by Crippen LogP contribution is -2.37. The molecule has 1 aromatic heterocycles. The van der Waals surface area contributed by atoms with Gasteiger partial charge in [-0.1, -0.05) is 13.3 Å². The molecule has 1 aromatic rings. The normalized spacial score (nSPS) is 23.6. The topological polar surface area (TPSA) is 60.1 Å². The lowest BCUT2D eigenvalue weighted by molar-refractivity contribution is 0.0918. The fourth-order valence-corrected chi connectivity index (χ4v) is 2.71. The summed E-state index contributed by atoms with van der Waals surface area (Å²) in [5.74, 6) is 0.577. The SMILES string of the molecule is CC1CCCC1NC(=O)c1cc(N)cn1C(C)C. The van der Waals surface area contributed by atoms with Crippen LogP contribution in [0.1, 0.15) is 56.6 Å². The second-order valence-electron chi connectivity index (χ2n) is 5.65. The minimum absolute atomic E-state index is 0.000787. The zero-order valence-electron chi connectivity index (χ0n) is 11.4. The van der Waals surface area contributed by atoms with Crippen LogP contribution < -0.4 is 11.1 Å². The van der Waals surface area contributed by atoms with Gasteiger partial charge in [-0.2, -0.15) is 0 Å². The molecule has 2 unspecified atom stereocenters. The van der Waals surface area contributed by atoms with E-state index in [-0.39, 0.29) is 11.9 Å². The molecule has 0 bridgehead atoms. The molecule has 2 atom stereocenters. The molecule has 18 heavy (non-hydrogen) atoms. The number of aromatic nitrogens is 1. The molecule has 0 spiro atoms. The molecule has 3 N–H and O–H groups in total. The Labute approximate surface area is 109 Å². The van der Waals surface area contributed by atoms with Crippen molar-refractivity contribution < 1.29 is 4.79 Å². The molecule has 4 nitrogen and oxygen atoms in total. The number of carbonyl (C=O) groups excluding carboxylic acids is 1. The van der Waals surface area contributed by atoms with Gasteiger partial charge in [-0.25, -0.2) is 0 Å². The van der Waals surface area contributed by atoms with Gasteiger partial charge >= 0.3 is 0 Å². The van der Waals surface area contributed by atoms with Crippen LogP contribution >= 0.6 is 0 Å². The van der Waals surface area contributed by atoms with Gasteiger partial charge in [-0.05, 0) is 38.7 Å². The number of rotatable bonds is 3. The largest absolute Gasteiger partial charge is 0.397 e. The Hall–Kier alpha value is -1.45.